The minimum absolute atomic E-state index is 0.0193. The fourth-order valence-electron chi connectivity index (χ4n) is 3.97. The maximum atomic E-state index is 12.4. The molecule has 0 bridgehead atoms. The zero-order valence-corrected chi connectivity index (χ0v) is 14.4. The summed E-state index contributed by atoms with van der Waals surface area (Å²) in [5, 5.41) is 13.9. The standard InChI is InChI=1S/C18H25N3O4/c22-17(13-15-4-3-5-16(12-15)21(23)24)19-14-18(6-1-2-7-18)20-8-10-25-11-9-20/h3-5,12H,1-2,6-11,13-14H2,(H,19,22). The highest BCUT2D eigenvalue weighted by Gasteiger charge is 2.40. The minimum Gasteiger partial charge on any atom is -0.379 e. The lowest BCUT2D eigenvalue weighted by molar-refractivity contribution is -0.384. The molecule has 0 unspecified atom stereocenters. The van der Waals surface area contributed by atoms with Crippen LogP contribution in [0.2, 0.25) is 0 Å². The maximum absolute atomic E-state index is 12.4. The number of hydrogen-bond acceptors (Lipinski definition) is 5. The van der Waals surface area contributed by atoms with Crippen molar-refractivity contribution in [1.29, 1.82) is 0 Å². The summed E-state index contributed by atoms with van der Waals surface area (Å²) in [5.74, 6) is -0.0833. The molecular formula is C18H25N3O4. The van der Waals surface area contributed by atoms with Crippen molar-refractivity contribution in [2.75, 3.05) is 32.8 Å². The Morgan fingerprint density at radius 2 is 2.00 bits per heavy atom. The molecule has 1 saturated carbocycles. The number of hydrogen-bond donors (Lipinski definition) is 1. The van der Waals surface area contributed by atoms with E-state index in [2.05, 4.69) is 10.2 Å². The zero-order chi connectivity index (χ0) is 17.7. The van der Waals surface area contributed by atoms with E-state index < -0.39 is 4.92 Å². The smallest absolute Gasteiger partial charge is 0.269 e. The van der Waals surface area contributed by atoms with E-state index >= 15 is 0 Å². The van der Waals surface area contributed by atoms with Gasteiger partial charge in [0.2, 0.25) is 5.91 Å². The lowest BCUT2D eigenvalue weighted by Crippen LogP contribution is -2.57. The van der Waals surface area contributed by atoms with Crippen LogP contribution >= 0.6 is 0 Å². The summed E-state index contributed by atoms with van der Waals surface area (Å²) in [6, 6.07) is 6.27. The van der Waals surface area contributed by atoms with Crippen LogP contribution in [-0.4, -0.2) is 54.1 Å². The summed E-state index contributed by atoms with van der Waals surface area (Å²) in [7, 11) is 0. The van der Waals surface area contributed by atoms with Gasteiger partial charge in [0.15, 0.2) is 0 Å². The molecule has 0 atom stereocenters. The molecule has 0 radical (unpaired) electrons. The third-order valence-electron chi connectivity index (χ3n) is 5.32. The first kappa shape index (κ1) is 17.8. The van der Waals surface area contributed by atoms with Crippen molar-refractivity contribution < 1.29 is 14.5 Å². The van der Waals surface area contributed by atoms with Gasteiger partial charge < -0.3 is 10.1 Å². The number of nitro benzene ring substituents is 1. The molecule has 1 heterocycles. The van der Waals surface area contributed by atoms with Crippen molar-refractivity contribution >= 4 is 11.6 Å². The van der Waals surface area contributed by atoms with Crippen LogP contribution in [-0.2, 0) is 16.0 Å². The van der Waals surface area contributed by atoms with Crippen molar-refractivity contribution in [3.05, 3.63) is 39.9 Å². The van der Waals surface area contributed by atoms with Gasteiger partial charge in [-0.1, -0.05) is 25.0 Å². The fourth-order valence-corrected chi connectivity index (χ4v) is 3.97. The van der Waals surface area contributed by atoms with Gasteiger partial charge in [0.05, 0.1) is 24.6 Å². The number of amides is 1. The largest absolute Gasteiger partial charge is 0.379 e. The number of carbonyl (C=O) groups is 1. The van der Waals surface area contributed by atoms with E-state index in [0.717, 1.165) is 39.1 Å². The molecular weight excluding hydrogens is 322 g/mol. The second kappa shape index (κ2) is 7.93. The van der Waals surface area contributed by atoms with Crippen molar-refractivity contribution in [3.8, 4) is 0 Å². The summed E-state index contributed by atoms with van der Waals surface area (Å²) >= 11 is 0. The lowest BCUT2D eigenvalue weighted by atomic mass is 9.94. The van der Waals surface area contributed by atoms with E-state index in [1.807, 2.05) is 0 Å². The summed E-state index contributed by atoms with van der Waals surface area (Å²) in [6.07, 6.45) is 4.76. The normalized spacial score (nSPS) is 20.3. The molecule has 0 spiro atoms. The molecule has 1 N–H and O–H groups in total. The van der Waals surface area contributed by atoms with E-state index in [1.165, 1.54) is 25.0 Å². The van der Waals surface area contributed by atoms with E-state index in [1.54, 1.807) is 12.1 Å². The minimum atomic E-state index is -0.437. The van der Waals surface area contributed by atoms with Crippen LogP contribution in [0.5, 0.6) is 0 Å². The van der Waals surface area contributed by atoms with Gasteiger partial charge >= 0.3 is 0 Å². The highest BCUT2D eigenvalue weighted by Crippen LogP contribution is 2.35. The fraction of sp³-hybridized carbons (Fsp3) is 0.611. The van der Waals surface area contributed by atoms with Gasteiger partial charge in [-0.2, -0.15) is 0 Å². The molecule has 25 heavy (non-hydrogen) atoms. The Morgan fingerprint density at radius 3 is 2.68 bits per heavy atom. The molecule has 2 fully saturated rings. The van der Waals surface area contributed by atoms with Crippen LogP contribution in [0.15, 0.2) is 24.3 Å². The number of nitrogens with zero attached hydrogens (tertiary/aromatic N) is 2. The van der Waals surface area contributed by atoms with Crippen LogP contribution in [0.1, 0.15) is 31.2 Å². The Labute approximate surface area is 147 Å². The molecule has 136 valence electrons. The van der Waals surface area contributed by atoms with E-state index in [0.29, 0.717) is 12.1 Å². The number of carbonyl (C=O) groups excluding carboxylic acids is 1. The van der Waals surface area contributed by atoms with Crippen LogP contribution in [0.4, 0.5) is 5.69 Å². The monoisotopic (exact) mass is 347 g/mol. The molecule has 7 heteroatoms. The zero-order valence-electron chi connectivity index (χ0n) is 14.4. The van der Waals surface area contributed by atoms with Crippen LogP contribution in [0.3, 0.4) is 0 Å². The Hall–Kier alpha value is -1.99. The van der Waals surface area contributed by atoms with Gasteiger partial charge in [0, 0.05) is 37.3 Å². The van der Waals surface area contributed by atoms with Crippen LogP contribution in [0, 0.1) is 10.1 Å². The maximum Gasteiger partial charge on any atom is 0.269 e. The SMILES string of the molecule is O=C(Cc1cccc([N+](=O)[O-])c1)NCC1(N2CCOCC2)CCCC1. The average Bonchev–Trinajstić information content (AvgIpc) is 3.11. The van der Waals surface area contributed by atoms with Crippen molar-refractivity contribution in [2.24, 2.45) is 0 Å². The first-order chi connectivity index (χ1) is 12.1. The molecule has 0 aromatic heterocycles. The summed E-state index contributed by atoms with van der Waals surface area (Å²) in [5.41, 5.74) is 0.728. The van der Waals surface area contributed by atoms with Crippen molar-refractivity contribution in [2.45, 2.75) is 37.6 Å². The van der Waals surface area contributed by atoms with E-state index in [4.69, 9.17) is 4.74 Å². The van der Waals surface area contributed by atoms with Gasteiger partial charge in [-0.05, 0) is 18.4 Å². The Morgan fingerprint density at radius 1 is 1.28 bits per heavy atom. The summed E-state index contributed by atoms with van der Waals surface area (Å²) in [6.45, 7) is 3.98. The number of non-ortho nitro benzene ring substituents is 1. The molecule has 1 aromatic rings. The highest BCUT2D eigenvalue weighted by molar-refractivity contribution is 5.78. The van der Waals surface area contributed by atoms with Gasteiger partial charge in [0.1, 0.15) is 0 Å². The quantitative estimate of drug-likeness (QED) is 0.627. The Bertz CT molecular complexity index is 623. The van der Waals surface area contributed by atoms with E-state index in [9.17, 15) is 14.9 Å². The summed E-state index contributed by atoms with van der Waals surface area (Å²) < 4.78 is 5.46. The molecule has 1 aromatic carbocycles. The van der Waals surface area contributed by atoms with Crippen molar-refractivity contribution in [1.82, 2.24) is 10.2 Å². The third-order valence-corrected chi connectivity index (χ3v) is 5.32. The second-order valence-electron chi connectivity index (χ2n) is 6.91. The highest BCUT2D eigenvalue weighted by atomic mass is 16.6. The topological polar surface area (TPSA) is 84.7 Å². The molecule has 1 saturated heterocycles. The number of benzene rings is 1. The third kappa shape index (κ3) is 4.35. The number of nitrogens with one attached hydrogen (secondary N) is 1. The van der Waals surface area contributed by atoms with Gasteiger partial charge in [-0.3, -0.25) is 19.8 Å². The lowest BCUT2D eigenvalue weighted by Gasteiger charge is -2.43. The van der Waals surface area contributed by atoms with Crippen LogP contribution in [0.25, 0.3) is 0 Å². The predicted molar refractivity (Wildman–Crippen MR) is 93.4 cm³/mol. The molecule has 7 nitrogen and oxygen atoms in total. The molecule has 1 aliphatic heterocycles. The number of nitro groups is 1. The average molecular weight is 347 g/mol. The molecule has 2 aliphatic rings. The van der Waals surface area contributed by atoms with Gasteiger partial charge in [-0.25, -0.2) is 0 Å². The first-order valence-electron chi connectivity index (χ1n) is 8.92. The second-order valence-corrected chi connectivity index (χ2v) is 6.91. The molecule has 1 amide bonds. The molecule has 3 rings (SSSR count). The number of morpholine rings is 1. The first-order valence-corrected chi connectivity index (χ1v) is 8.92. The Balaban J connectivity index is 1.58. The Kier molecular flexibility index (Phi) is 5.65. The van der Waals surface area contributed by atoms with E-state index in [-0.39, 0.29) is 23.6 Å². The van der Waals surface area contributed by atoms with Crippen LogP contribution < -0.4 is 5.32 Å². The summed E-state index contributed by atoms with van der Waals surface area (Å²) in [4.78, 5) is 25.2. The van der Waals surface area contributed by atoms with Gasteiger partial charge in [0.25, 0.3) is 5.69 Å². The van der Waals surface area contributed by atoms with Gasteiger partial charge in [-0.15, -0.1) is 0 Å². The number of rotatable bonds is 6. The van der Waals surface area contributed by atoms with Crippen molar-refractivity contribution in [3.63, 3.8) is 0 Å². The predicted octanol–water partition coefficient (Wildman–Crippen LogP) is 1.90. The number of ether oxygens (including phenoxy) is 1. The molecule has 1 aliphatic carbocycles.